The van der Waals surface area contributed by atoms with Crippen LogP contribution in [0.1, 0.15) is 5.56 Å². The molecule has 1 aromatic carbocycles. The Bertz CT molecular complexity index is 730. The van der Waals surface area contributed by atoms with Crippen molar-refractivity contribution in [2.75, 3.05) is 19.0 Å². The average Bonchev–Trinajstić information content (AvgIpc) is 2.81. The number of halogens is 3. The number of rotatable bonds is 5. The molecule has 1 aromatic heterocycles. The van der Waals surface area contributed by atoms with Gasteiger partial charge in [0.05, 0.1) is 7.11 Å². The van der Waals surface area contributed by atoms with Crippen molar-refractivity contribution in [3.8, 4) is 17.5 Å². The van der Waals surface area contributed by atoms with Gasteiger partial charge in [0, 0.05) is 18.2 Å². The van der Waals surface area contributed by atoms with Crippen LogP contribution in [0.25, 0.3) is 0 Å². The van der Waals surface area contributed by atoms with Gasteiger partial charge in [-0.3, -0.25) is 0 Å². The molecule has 0 saturated heterocycles. The Kier molecular flexibility index (Phi) is 4.08. The van der Waals surface area contributed by atoms with Gasteiger partial charge in [-0.25, -0.2) is 0 Å². The standard InChI is InChI=1S/C14H12ClF2N3O3/c1-21-13-19-10(15)7-11(20-13)18-6-5-8-3-2-4-9-12(8)23-14(16,17)22-9/h2-4,7H,5-6H2,1H3,(H,18,19,20). The van der Waals surface area contributed by atoms with E-state index >= 15 is 0 Å². The van der Waals surface area contributed by atoms with Crippen molar-refractivity contribution < 1.29 is 23.0 Å². The second-order valence-electron chi connectivity index (χ2n) is 4.65. The summed E-state index contributed by atoms with van der Waals surface area (Å²) in [6.45, 7) is 0.419. The van der Waals surface area contributed by atoms with Crippen molar-refractivity contribution in [1.82, 2.24) is 9.97 Å². The largest absolute Gasteiger partial charge is 0.586 e. The molecular formula is C14H12ClF2N3O3. The van der Waals surface area contributed by atoms with Crippen LogP contribution in [0.15, 0.2) is 24.3 Å². The third kappa shape index (κ3) is 3.53. The van der Waals surface area contributed by atoms with E-state index in [0.29, 0.717) is 24.3 Å². The van der Waals surface area contributed by atoms with Crippen molar-refractivity contribution >= 4 is 17.4 Å². The van der Waals surface area contributed by atoms with Crippen molar-refractivity contribution in [3.05, 3.63) is 35.0 Å². The second kappa shape index (κ2) is 6.04. The molecule has 0 radical (unpaired) electrons. The van der Waals surface area contributed by atoms with Crippen LogP contribution >= 0.6 is 11.6 Å². The van der Waals surface area contributed by atoms with Gasteiger partial charge in [0.15, 0.2) is 11.5 Å². The molecule has 0 spiro atoms. The summed E-state index contributed by atoms with van der Waals surface area (Å²) in [6, 6.07) is 6.43. The fourth-order valence-electron chi connectivity index (χ4n) is 2.13. The Morgan fingerprint density at radius 1 is 1.30 bits per heavy atom. The van der Waals surface area contributed by atoms with Crippen LogP contribution in [0.5, 0.6) is 17.5 Å². The molecule has 3 rings (SSSR count). The third-order valence-electron chi connectivity index (χ3n) is 3.07. The summed E-state index contributed by atoms with van der Waals surface area (Å²) < 4.78 is 40.1. The molecule has 0 atom stereocenters. The maximum Gasteiger partial charge on any atom is 0.586 e. The predicted molar refractivity (Wildman–Crippen MR) is 78.4 cm³/mol. The summed E-state index contributed by atoms with van der Waals surface area (Å²) in [4.78, 5) is 7.93. The van der Waals surface area contributed by atoms with E-state index in [2.05, 4.69) is 24.8 Å². The average molecular weight is 344 g/mol. The highest BCUT2D eigenvalue weighted by Gasteiger charge is 2.44. The van der Waals surface area contributed by atoms with E-state index in [0.717, 1.165) is 0 Å². The quantitative estimate of drug-likeness (QED) is 0.841. The van der Waals surface area contributed by atoms with Crippen molar-refractivity contribution in [1.29, 1.82) is 0 Å². The zero-order valence-electron chi connectivity index (χ0n) is 12.0. The number of ether oxygens (including phenoxy) is 3. The van der Waals surface area contributed by atoms with Gasteiger partial charge in [-0.2, -0.15) is 9.97 Å². The molecule has 122 valence electrons. The Balaban J connectivity index is 1.67. The zero-order valence-corrected chi connectivity index (χ0v) is 12.7. The van der Waals surface area contributed by atoms with Crippen LogP contribution in [0.3, 0.4) is 0 Å². The number of nitrogens with one attached hydrogen (secondary N) is 1. The van der Waals surface area contributed by atoms with E-state index in [9.17, 15) is 8.78 Å². The second-order valence-corrected chi connectivity index (χ2v) is 5.04. The lowest BCUT2D eigenvalue weighted by Crippen LogP contribution is -2.26. The van der Waals surface area contributed by atoms with Crippen molar-refractivity contribution in [2.24, 2.45) is 0 Å². The number of para-hydroxylation sites is 1. The number of anilines is 1. The highest BCUT2D eigenvalue weighted by atomic mass is 35.5. The SMILES string of the molecule is COc1nc(Cl)cc(NCCc2cccc3c2OC(F)(F)O3)n1. The molecular weight excluding hydrogens is 332 g/mol. The number of fused-ring (bicyclic) bond motifs is 1. The van der Waals surface area contributed by atoms with Crippen molar-refractivity contribution in [3.63, 3.8) is 0 Å². The summed E-state index contributed by atoms with van der Waals surface area (Å²) >= 11 is 5.84. The fraction of sp³-hybridized carbons (Fsp3) is 0.286. The maximum absolute atomic E-state index is 13.1. The van der Waals surface area contributed by atoms with Gasteiger partial charge in [-0.15, -0.1) is 8.78 Å². The molecule has 0 aliphatic carbocycles. The fourth-order valence-corrected chi connectivity index (χ4v) is 2.30. The molecule has 0 saturated carbocycles. The van der Waals surface area contributed by atoms with Gasteiger partial charge < -0.3 is 19.5 Å². The third-order valence-corrected chi connectivity index (χ3v) is 3.26. The molecule has 23 heavy (non-hydrogen) atoms. The van der Waals surface area contributed by atoms with Gasteiger partial charge in [-0.1, -0.05) is 23.7 Å². The lowest BCUT2D eigenvalue weighted by atomic mass is 10.1. The minimum atomic E-state index is -3.63. The highest BCUT2D eigenvalue weighted by molar-refractivity contribution is 6.29. The molecule has 1 aliphatic heterocycles. The number of hydrogen-bond donors (Lipinski definition) is 1. The summed E-state index contributed by atoms with van der Waals surface area (Å²) in [5.74, 6) is 0.550. The molecule has 1 N–H and O–H groups in total. The van der Waals surface area contributed by atoms with E-state index in [1.54, 1.807) is 12.1 Å². The van der Waals surface area contributed by atoms with Crippen LogP contribution in [0.2, 0.25) is 5.15 Å². The smallest absolute Gasteiger partial charge is 0.467 e. The molecule has 2 aromatic rings. The Hall–Kier alpha value is -2.35. The van der Waals surface area contributed by atoms with E-state index in [1.807, 2.05) is 0 Å². The Morgan fingerprint density at radius 2 is 2.13 bits per heavy atom. The minimum absolute atomic E-state index is 0.0271. The molecule has 0 bridgehead atoms. The topological polar surface area (TPSA) is 65.5 Å². The van der Waals surface area contributed by atoms with Crippen LogP contribution in [0, 0.1) is 0 Å². The van der Waals surface area contributed by atoms with Crippen LogP contribution in [-0.4, -0.2) is 29.9 Å². The molecule has 1 aliphatic rings. The van der Waals surface area contributed by atoms with Crippen LogP contribution in [0.4, 0.5) is 14.6 Å². The maximum atomic E-state index is 13.1. The molecule has 0 fully saturated rings. The summed E-state index contributed by atoms with van der Waals surface area (Å²) in [5, 5.41) is 3.25. The van der Waals surface area contributed by atoms with Gasteiger partial charge in [0.2, 0.25) is 0 Å². The first-order valence-corrected chi connectivity index (χ1v) is 7.05. The Labute approximate surface area is 135 Å². The number of benzene rings is 1. The van der Waals surface area contributed by atoms with E-state index in [1.165, 1.54) is 19.2 Å². The zero-order chi connectivity index (χ0) is 16.4. The monoisotopic (exact) mass is 343 g/mol. The first kappa shape index (κ1) is 15.5. The first-order chi connectivity index (χ1) is 11.0. The molecule has 2 heterocycles. The lowest BCUT2D eigenvalue weighted by Gasteiger charge is -2.09. The Morgan fingerprint density at radius 3 is 2.91 bits per heavy atom. The minimum Gasteiger partial charge on any atom is -0.467 e. The number of nitrogens with zero attached hydrogens (tertiary/aromatic N) is 2. The number of alkyl halides is 2. The van der Waals surface area contributed by atoms with Crippen LogP contribution < -0.4 is 19.5 Å². The normalized spacial score (nSPS) is 14.6. The van der Waals surface area contributed by atoms with E-state index in [4.69, 9.17) is 16.3 Å². The van der Waals surface area contributed by atoms with Crippen LogP contribution in [-0.2, 0) is 6.42 Å². The van der Waals surface area contributed by atoms with Gasteiger partial charge >= 0.3 is 12.3 Å². The summed E-state index contributed by atoms with van der Waals surface area (Å²) in [5.41, 5.74) is 0.597. The van der Waals surface area contributed by atoms with Gasteiger partial charge in [0.25, 0.3) is 0 Å². The van der Waals surface area contributed by atoms with Gasteiger partial charge in [-0.05, 0) is 12.5 Å². The number of aromatic nitrogens is 2. The highest BCUT2D eigenvalue weighted by Crippen LogP contribution is 2.43. The predicted octanol–water partition coefficient (Wildman–Crippen LogP) is 3.11. The van der Waals surface area contributed by atoms with Crippen molar-refractivity contribution in [2.45, 2.75) is 12.7 Å². The molecule has 9 heteroatoms. The van der Waals surface area contributed by atoms with E-state index < -0.39 is 6.29 Å². The van der Waals surface area contributed by atoms with E-state index in [-0.39, 0.29) is 22.7 Å². The number of hydrogen-bond acceptors (Lipinski definition) is 6. The first-order valence-electron chi connectivity index (χ1n) is 6.67. The lowest BCUT2D eigenvalue weighted by molar-refractivity contribution is -0.286. The number of methoxy groups -OCH3 is 1. The van der Waals surface area contributed by atoms with Gasteiger partial charge in [0.1, 0.15) is 11.0 Å². The molecule has 6 nitrogen and oxygen atoms in total. The summed E-state index contributed by atoms with van der Waals surface area (Å²) in [6.07, 6.45) is -3.20. The molecule has 0 unspecified atom stereocenters. The molecule has 0 amide bonds. The summed E-state index contributed by atoms with van der Waals surface area (Å²) in [7, 11) is 1.43.